The minimum atomic E-state index is -0.00466. The van der Waals surface area contributed by atoms with Gasteiger partial charge in [-0.1, -0.05) is 57.8 Å². The van der Waals surface area contributed by atoms with Gasteiger partial charge in [0, 0.05) is 34.7 Å². The van der Waals surface area contributed by atoms with Crippen molar-refractivity contribution in [2.45, 2.75) is 39.8 Å². The van der Waals surface area contributed by atoms with Gasteiger partial charge in [0.05, 0.1) is 25.3 Å². The quantitative estimate of drug-likeness (QED) is 0.407. The zero-order chi connectivity index (χ0) is 23.4. The monoisotopic (exact) mass is 511 g/mol. The summed E-state index contributed by atoms with van der Waals surface area (Å²) >= 11 is 3.49. The number of rotatable bonds is 7. The van der Waals surface area contributed by atoms with Gasteiger partial charge in [-0.3, -0.25) is 4.79 Å². The maximum Gasteiger partial charge on any atom is 0.254 e. The first-order valence-electron chi connectivity index (χ1n) is 11.4. The van der Waals surface area contributed by atoms with Gasteiger partial charge >= 0.3 is 0 Å². The SMILES string of the molecule is CC[C@@H](C)N(Cc1c(-c2cccc(C)c2)noc1N1CCOCC1)C(=O)c1cccc(Br)c1. The molecule has 3 aromatic rings. The van der Waals surface area contributed by atoms with Crippen LogP contribution in [0.5, 0.6) is 0 Å². The average molecular weight is 512 g/mol. The third kappa shape index (κ3) is 5.31. The molecule has 1 saturated heterocycles. The molecule has 174 valence electrons. The van der Waals surface area contributed by atoms with Gasteiger partial charge < -0.3 is 19.1 Å². The van der Waals surface area contributed by atoms with E-state index in [0.717, 1.165) is 52.3 Å². The maximum absolute atomic E-state index is 13.6. The lowest BCUT2D eigenvalue weighted by Gasteiger charge is -2.31. The molecule has 1 aromatic heterocycles. The van der Waals surface area contributed by atoms with Crippen LogP contribution >= 0.6 is 15.9 Å². The maximum atomic E-state index is 13.6. The number of aryl methyl sites for hydroxylation is 1. The topological polar surface area (TPSA) is 58.8 Å². The van der Waals surface area contributed by atoms with Gasteiger partial charge in [0.25, 0.3) is 5.91 Å². The van der Waals surface area contributed by atoms with E-state index in [2.05, 4.69) is 58.9 Å². The van der Waals surface area contributed by atoms with Crippen LogP contribution in [0.4, 0.5) is 5.88 Å². The van der Waals surface area contributed by atoms with Crippen molar-refractivity contribution in [1.82, 2.24) is 10.1 Å². The van der Waals surface area contributed by atoms with Crippen LogP contribution in [-0.2, 0) is 11.3 Å². The molecule has 7 heteroatoms. The Kier molecular flexibility index (Phi) is 7.50. The van der Waals surface area contributed by atoms with Gasteiger partial charge in [0.2, 0.25) is 5.88 Å². The number of nitrogens with zero attached hydrogens (tertiary/aromatic N) is 3. The van der Waals surface area contributed by atoms with E-state index in [0.29, 0.717) is 25.3 Å². The minimum absolute atomic E-state index is 0.00466. The summed E-state index contributed by atoms with van der Waals surface area (Å²) in [5.41, 5.74) is 4.53. The van der Waals surface area contributed by atoms with E-state index in [1.165, 1.54) is 0 Å². The first kappa shape index (κ1) is 23.5. The molecule has 0 unspecified atom stereocenters. The largest absolute Gasteiger partial charge is 0.378 e. The third-order valence-corrected chi connectivity index (χ3v) is 6.63. The average Bonchev–Trinajstić information content (AvgIpc) is 3.26. The Morgan fingerprint density at radius 2 is 1.94 bits per heavy atom. The van der Waals surface area contributed by atoms with Crippen molar-refractivity contribution in [3.8, 4) is 11.3 Å². The standard InChI is InChI=1S/C26H30BrN3O3/c1-4-19(3)30(25(31)21-9-6-10-22(27)16-21)17-23-24(20-8-5-7-18(2)15-20)28-33-26(23)29-11-13-32-14-12-29/h5-10,15-16,19H,4,11-14,17H2,1-3H3/t19-/m1/s1. The number of carbonyl (C=O) groups is 1. The Morgan fingerprint density at radius 1 is 1.18 bits per heavy atom. The second-order valence-corrected chi connectivity index (χ2v) is 9.40. The summed E-state index contributed by atoms with van der Waals surface area (Å²) in [6.07, 6.45) is 0.845. The van der Waals surface area contributed by atoms with Crippen molar-refractivity contribution in [2.75, 3.05) is 31.2 Å². The summed E-state index contributed by atoms with van der Waals surface area (Å²) in [4.78, 5) is 17.7. The lowest BCUT2D eigenvalue weighted by atomic mass is 10.0. The number of aromatic nitrogens is 1. The molecule has 1 atom stereocenters. The highest BCUT2D eigenvalue weighted by Gasteiger charge is 2.29. The van der Waals surface area contributed by atoms with E-state index in [1.54, 1.807) is 0 Å². The Morgan fingerprint density at radius 3 is 2.64 bits per heavy atom. The van der Waals surface area contributed by atoms with Crippen LogP contribution in [-0.4, -0.2) is 48.3 Å². The normalized spacial score (nSPS) is 14.8. The predicted octanol–water partition coefficient (Wildman–Crippen LogP) is 5.69. The number of benzene rings is 2. The number of halogens is 1. The van der Waals surface area contributed by atoms with Gasteiger partial charge in [0.15, 0.2) is 0 Å². The smallest absolute Gasteiger partial charge is 0.254 e. The number of hydrogen-bond acceptors (Lipinski definition) is 5. The van der Waals surface area contributed by atoms with Gasteiger partial charge in [0.1, 0.15) is 5.69 Å². The molecule has 1 aliphatic rings. The highest BCUT2D eigenvalue weighted by atomic mass is 79.9. The Hall–Kier alpha value is -2.64. The molecule has 4 rings (SSSR count). The molecule has 0 aliphatic carbocycles. The van der Waals surface area contributed by atoms with E-state index in [-0.39, 0.29) is 11.9 Å². The summed E-state index contributed by atoms with van der Waals surface area (Å²) in [7, 11) is 0. The predicted molar refractivity (Wildman–Crippen MR) is 133 cm³/mol. The fraction of sp³-hybridized carbons (Fsp3) is 0.385. The van der Waals surface area contributed by atoms with E-state index in [4.69, 9.17) is 9.26 Å². The van der Waals surface area contributed by atoms with Crippen molar-refractivity contribution in [1.29, 1.82) is 0 Å². The number of anilines is 1. The van der Waals surface area contributed by atoms with Crippen molar-refractivity contribution in [2.24, 2.45) is 0 Å². The summed E-state index contributed by atoms with van der Waals surface area (Å²) in [6, 6.07) is 15.8. The van der Waals surface area contributed by atoms with Crippen LogP contribution in [0.15, 0.2) is 57.5 Å². The van der Waals surface area contributed by atoms with Crippen LogP contribution in [0.25, 0.3) is 11.3 Å². The summed E-state index contributed by atoms with van der Waals surface area (Å²) in [6.45, 7) is 9.43. The highest BCUT2D eigenvalue weighted by molar-refractivity contribution is 9.10. The molecule has 0 N–H and O–H groups in total. The van der Waals surface area contributed by atoms with Gasteiger partial charge in [-0.2, -0.15) is 0 Å². The molecule has 6 nitrogen and oxygen atoms in total. The zero-order valence-corrected chi connectivity index (χ0v) is 21.0. The lowest BCUT2D eigenvalue weighted by molar-refractivity contribution is 0.0671. The van der Waals surface area contributed by atoms with Gasteiger partial charge in [-0.05, 0) is 44.5 Å². The minimum Gasteiger partial charge on any atom is -0.378 e. The first-order chi connectivity index (χ1) is 16.0. The van der Waals surface area contributed by atoms with Crippen LogP contribution in [0.3, 0.4) is 0 Å². The Balaban J connectivity index is 1.76. The van der Waals surface area contributed by atoms with Crippen molar-refractivity contribution >= 4 is 27.7 Å². The van der Waals surface area contributed by atoms with Crippen LogP contribution in [0.2, 0.25) is 0 Å². The summed E-state index contributed by atoms with van der Waals surface area (Å²) in [5.74, 6) is 0.722. The van der Waals surface area contributed by atoms with Crippen molar-refractivity contribution < 1.29 is 14.1 Å². The molecule has 0 spiro atoms. The lowest BCUT2D eigenvalue weighted by Crippen LogP contribution is -2.39. The fourth-order valence-electron chi connectivity index (χ4n) is 4.08. The van der Waals surface area contributed by atoms with E-state index >= 15 is 0 Å². The number of hydrogen-bond donors (Lipinski definition) is 0. The fourth-order valence-corrected chi connectivity index (χ4v) is 4.48. The molecule has 33 heavy (non-hydrogen) atoms. The molecule has 0 bridgehead atoms. The Labute approximate surface area is 203 Å². The summed E-state index contributed by atoms with van der Waals surface area (Å²) in [5, 5.41) is 4.48. The molecule has 1 aliphatic heterocycles. The van der Waals surface area contributed by atoms with Crippen molar-refractivity contribution in [3.63, 3.8) is 0 Å². The van der Waals surface area contributed by atoms with Gasteiger partial charge in [-0.15, -0.1) is 0 Å². The molecule has 0 radical (unpaired) electrons. The van der Waals surface area contributed by atoms with E-state index in [1.807, 2.05) is 41.3 Å². The number of amides is 1. The molecular formula is C26H30BrN3O3. The molecule has 2 aromatic carbocycles. The third-order valence-electron chi connectivity index (χ3n) is 6.14. The molecule has 0 saturated carbocycles. The molecular weight excluding hydrogens is 482 g/mol. The van der Waals surface area contributed by atoms with E-state index < -0.39 is 0 Å². The zero-order valence-electron chi connectivity index (χ0n) is 19.4. The Bertz CT molecular complexity index is 1110. The highest BCUT2D eigenvalue weighted by Crippen LogP contribution is 2.34. The second kappa shape index (κ2) is 10.5. The first-order valence-corrected chi connectivity index (χ1v) is 12.2. The second-order valence-electron chi connectivity index (χ2n) is 8.48. The van der Waals surface area contributed by atoms with Crippen molar-refractivity contribution in [3.05, 3.63) is 69.7 Å². The van der Waals surface area contributed by atoms with Crippen LogP contribution < -0.4 is 4.90 Å². The van der Waals surface area contributed by atoms with E-state index in [9.17, 15) is 4.79 Å². The van der Waals surface area contributed by atoms with Gasteiger partial charge in [-0.25, -0.2) is 0 Å². The number of morpholine rings is 1. The van der Waals surface area contributed by atoms with Crippen LogP contribution in [0, 0.1) is 6.92 Å². The number of carbonyl (C=O) groups excluding carboxylic acids is 1. The number of ether oxygens (including phenoxy) is 1. The van der Waals surface area contributed by atoms with Crippen LogP contribution in [0.1, 0.15) is 41.8 Å². The molecule has 1 fully saturated rings. The molecule has 1 amide bonds. The molecule has 2 heterocycles. The summed E-state index contributed by atoms with van der Waals surface area (Å²) < 4.78 is 12.3.